The van der Waals surface area contributed by atoms with Crippen molar-refractivity contribution in [2.24, 2.45) is 5.73 Å². The summed E-state index contributed by atoms with van der Waals surface area (Å²) >= 11 is 5.98. The van der Waals surface area contributed by atoms with Crippen molar-refractivity contribution in [1.29, 1.82) is 0 Å². The van der Waals surface area contributed by atoms with Crippen molar-refractivity contribution in [2.75, 3.05) is 0 Å². The highest BCUT2D eigenvalue weighted by molar-refractivity contribution is 6.31. The lowest BCUT2D eigenvalue weighted by Crippen LogP contribution is -2.30. The third kappa shape index (κ3) is 2.35. The number of fused-ring (bicyclic) bond motifs is 1. The van der Waals surface area contributed by atoms with Gasteiger partial charge >= 0.3 is 0 Å². The Bertz CT molecular complexity index is 617. The summed E-state index contributed by atoms with van der Waals surface area (Å²) in [5.41, 5.74) is 7.57. The summed E-state index contributed by atoms with van der Waals surface area (Å²) in [5.74, 6) is 0. The van der Waals surface area contributed by atoms with E-state index in [0.717, 1.165) is 16.5 Å². The summed E-state index contributed by atoms with van der Waals surface area (Å²) in [6, 6.07) is 7.11. The number of aryl methyl sites for hydroxylation is 1. The monoisotopic (exact) mass is 250 g/mol. The quantitative estimate of drug-likeness (QED) is 0.889. The zero-order valence-corrected chi connectivity index (χ0v) is 10.7. The summed E-state index contributed by atoms with van der Waals surface area (Å²) in [6.45, 7) is 4.31. The van der Waals surface area contributed by atoms with E-state index in [-0.39, 0.29) is 11.6 Å². The molecule has 3 nitrogen and oxygen atoms in total. The largest absolute Gasteiger partial charge is 0.326 e. The van der Waals surface area contributed by atoms with Gasteiger partial charge in [-0.05, 0) is 37.6 Å². The van der Waals surface area contributed by atoms with E-state index in [1.165, 1.54) is 0 Å². The molecule has 1 atom stereocenters. The van der Waals surface area contributed by atoms with Gasteiger partial charge in [0.2, 0.25) is 0 Å². The Morgan fingerprint density at radius 1 is 1.41 bits per heavy atom. The number of pyridine rings is 1. The molecule has 0 bridgehead atoms. The zero-order valence-electron chi connectivity index (χ0n) is 9.90. The van der Waals surface area contributed by atoms with Crippen LogP contribution in [0.5, 0.6) is 0 Å². The summed E-state index contributed by atoms with van der Waals surface area (Å²) in [5, 5.41) is 1.67. The van der Waals surface area contributed by atoms with Crippen molar-refractivity contribution in [2.45, 2.75) is 26.4 Å². The Balaban J connectivity index is 2.78. The van der Waals surface area contributed by atoms with Crippen LogP contribution in [0.25, 0.3) is 10.9 Å². The van der Waals surface area contributed by atoms with Crippen molar-refractivity contribution in [3.63, 3.8) is 0 Å². The normalized spacial score (nSPS) is 12.9. The van der Waals surface area contributed by atoms with Crippen molar-refractivity contribution >= 4 is 22.5 Å². The summed E-state index contributed by atoms with van der Waals surface area (Å²) < 4.78 is 1.70. The third-order valence-corrected chi connectivity index (χ3v) is 2.99. The van der Waals surface area contributed by atoms with Gasteiger partial charge < -0.3 is 10.3 Å². The average Bonchev–Trinajstić information content (AvgIpc) is 2.24. The Morgan fingerprint density at radius 3 is 2.76 bits per heavy atom. The Kier molecular flexibility index (Phi) is 3.22. The first-order valence-electron chi connectivity index (χ1n) is 5.54. The van der Waals surface area contributed by atoms with Gasteiger partial charge in [-0.15, -0.1) is 0 Å². The minimum absolute atomic E-state index is 0.0189. The molecular weight excluding hydrogens is 236 g/mol. The topological polar surface area (TPSA) is 48.0 Å². The molecule has 90 valence electrons. The fraction of sp³-hybridized carbons (Fsp3) is 0.308. The highest BCUT2D eigenvalue weighted by Crippen LogP contribution is 2.21. The van der Waals surface area contributed by atoms with E-state index < -0.39 is 0 Å². The number of hydrogen-bond donors (Lipinski definition) is 1. The molecule has 0 radical (unpaired) electrons. The second kappa shape index (κ2) is 4.51. The van der Waals surface area contributed by atoms with Gasteiger partial charge in [0.15, 0.2) is 0 Å². The number of nitrogens with two attached hydrogens (primary N) is 1. The molecule has 0 aliphatic heterocycles. The molecule has 4 heteroatoms. The number of nitrogens with zero attached hydrogens (tertiary/aromatic N) is 1. The Labute approximate surface area is 105 Å². The molecule has 1 unspecified atom stereocenters. The second-order valence-corrected chi connectivity index (χ2v) is 4.85. The molecule has 0 fully saturated rings. The van der Waals surface area contributed by atoms with Gasteiger partial charge in [0.1, 0.15) is 0 Å². The maximum Gasteiger partial charge on any atom is 0.251 e. The molecule has 0 aliphatic rings. The standard InChI is InChI=1S/C13H15ClN2O/c1-8-5-13(17)16(7-9(2)15)12-4-3-10(14)6-11(8)12/h3-6,9H,7,15H2,1-2H3. The van der Waals surface area contributed by atoms with Gasteiger partial charge in [-0.1, -0.05) is 11.6 Å². The number of halogens is 1. The van der Waals surface area contributed by atoms with Crippen LogP contribution in [0.15, 0.2) is 29.1 Å². The zero-order chi connectivity index (χ0) is 12.6. The van der Waals surface area contributed by atoms with Gasteiger partial charge in [0.25, 0.3) is 5.56 Å². The van der Waals surface area contributed by atoms with Crippen molar-refractivity contribution in [3.8, 4) is 0 Å². The van der Waals surface area contributed by atoms with Gasteiger partial charge in [-0.25, -0.2) is 0 Å². The van der Waals surface area contributed by atoms with Crippen LogP contribution in [0, 0.1) is 6.92 Å². The van der Waals surface area contributed by atoms with Gasteiger partial charge in [0, 0.05) is 29.1 Å². The summed E-state index contributed by atoms with van der Waals surface area (Å²) in [6.07, 6.45) is 0. The second-order valence-electron chi connectivity index (χ2n) is 4.41. The van der Waals surface area contributed by atoms with Crippen LogP contribution in [0.1, 0.15) is 12.5 Å². The van der Waals surface area contributed by atoms with E-state index in [9.17, 15) is 4.79 Å². The maximum absolute atomic E-state index is 11.9. The molecule has 2 N–H and O–H groups in total. The minimum atomic E-state index is -0.0608. The van der Waals surface area contributed by atoms with Crippen LogP contribution >= 0.6 is 11.6 Å². The fourth-order valence-corrected chi connectivity index (χ4v) is 2.17. The molecule has 0 saturated heterocycles. The molecular formula is C13H15ClN2O. The number of aromatic nitrogens is 1. The predicted octanol–water partition coefficient (Wildman–Crippen LogP) is 2.31. The van der Waals surface area contributed by atoms with Crippen LogP contribution in [0.3, 0.4) is 0 Å². The predicted molar refractivity (Wildman–Crippen MR) is 71.6 cm³/mol. The number of rotatable bonds is 2. The van der Waals surface area contributed by atoms with E-state index in [0.29, 0.717) is 11.6 Å². The van der Waals surface area contributed by atoms with Crippen molar-refractivity contribution < 1.29 is 0 Å². The smallest absolute Gasteiger partial charge is 0.251 e. The number of hydrogen-bond acceptors (Lipinski definition) is 2. The molecule has 17 heavy (non-hydrogen) atoms. The lowest BCUT2D eigenvalue weighted by atomic mass is 10.1. The molecule has 0 saturated carbocycles. The summed E-state index contributed by atoms with van der Waals surface area (Å²) in [4.78, 5) is 11.9. The van der Waals surface area contributed by atoms with Gasteiger partial charge in [0.05, 0.1) is 5.52 Å². The highest BCUT2D eigenvalue weighted by atomic mass is 35.5. The molecule has 1 aromatic carbocycles. The molecule has 1 aromatic heterocycles. The van der Waals surface area contributed by atoms with Crippen LogP contribution in [-0.2, 0) is 6.54 Å². The van der Waals surface area contributed by atoms with E-state index in [1.807, 2.05) is 26.0 Å². The Morgan fingerprint density at radius 2 is 2.12 bits per heavy atom. The number of benzene rings is 1. The highest BCUT2D eigenvalue weighted by Gasteiger charge is 2.08. The maximum atomic E-state index is 11.9. The van der Waals surface area contributed by atoms with Gasteiger partial charge in [-0.3, -0.25) is 4.79 Å². The molecule has 2 aromatic rings. The first kappa shape index (κ1) is 12.1. The van der Waals surface area contributed by atoms with E-state index in [1.54, 1.807) is 16.7 Å². The first-order chi connectivity index (χ1) is 7.99. The lowest BCUT2D eigenvalue weighted by molar-refractivity contribution is 0.589. The van der Waals surface area contributed by atoms with E-state index >= 15 is 0 Å². The first-order valence-corrected chi connectivity index (χ1v) is 5.92. The molecule has 0 aliphatic carbocycles. The van der Waals surface area contributed by atoms with Crippen molar-refractivity contribution in [3.05, 3.63) is 45.2 Å². The SMILES string of the molecule is Cc1cc(=O)n(CC(C)N)c2ccc(Cl)cc12. The summed E-state index contributed by atoms with van der Waals surface area (Å²) in [7, 11) is 0. The Hall–Kier alpha value is -1.32. The molecule has 0 amide bonds. The average molecular weight is 251 g/mol. The van der Waals surface area contributed by atoms with E-state index in [4.69, 9.17) is 17.3 Å². The van der Waals surface area contributed by atoms with Crippen molar-refractivity contribution in [1.82, 2.24) is 4.57 Å². The lowest BCUT2D eigenvalue weighted by Gasteiger charge is -2.14. The van der Waals surface area contributed by atoms with Crippen LogP contribution < -0.4 is 11.3 Å². The van der Waals surface area contributed by atoms with Crippen LogP contribution in [0.4, 0.5) is 0 Å². The fourth-order valence-electron chi connectivity index (χ4n) is 2.00. The minimum Gasteiger partial charge on any atom is -0.326 e. The van der Waals surface area contributed by atoms with Crippen LogP contribution in [0.2, 0.25) is 5.02 Å². The van der Waals surface area contributed by atoms with E-state index in [2.05, 4.69) is 0 Å². The van der Waals surface area contributed by atoms with Gasteiger partial charge in [-0.2, -0.15) is 0 Å². The molecule has 0 spiro atoms. The third-order valence-electron chi connectivity index (χ3n) is 2.75. The molecule has 2 rings (SSSR count). The molecule has 1 heterocycles. The van der Waals surface area contributed by atoms with Crippen LogP contribution in [-0.4, -0.2) is 10.6 Å².